The Kier molecular flexibility index (Phi) is 7.17. The molecule has 0 bridgehead atoms. The van der Waals surface area contributed by atoms with Crippen molar-refractivity contribution in [1.82, 2.24) is 5.32 Å². The van der Waals surface area contributed by atoms with E-state index >= 15 is 0 Å². The molecule has 0 aromatic heterocycles. The highest BCUT2D eigenvalue weighted by molar-refractivity contribution is 9.09. The van der Waals surface area contributed by atoms with Crippen LogP contribution in [0.4, 0.5) is 0 Å². The molecule has 2 nitrogen and oxygen atoms in total. The summed E-state index contributed by atoms with van der Waals surface area (Å²) in [4.78, 5) is 11.7. The van der Waals surface area contributed by atoms with Crippen LogP contribution in [0.3, 0.4) is 0 Å². The Bertz CT molecular complexity index is 226. The van der Waals surface area contributed by atoms with E-state index in [1.54, 1.807) is 0 Å². The van der Waals surface area contributed by atoms with Crippen molar-refractivity contribution in [2.75, 3.05) is 5.33 Å². The molecule has 0 aliphatic heterocycles. The molecule has 1 N–H and O–H groups in total. The Labute approximate surface area is 114 Å². The van der Waals surface area contributed by atoms with Crippen molar-refractivity contribution in [2.45, 2.75) is 76.7 Å². The minimum absolute atomic E-state index is 0.123. The van der Waals surface area contributed by atoms with E-state index in [0.29, 0.717) is 6.42 Å². The van der Waals surface area contributed by atoms with Gasteiger partial charge >= 0.3 is 0 Å². The Morgan fingerprint density at radius 1 is 1.12 bits per heavy atom. The highest BCUT2D eigenvalue weighted by Gasteiger charge is 2.42. The largest absolute Gasteiger partial charge is 0.350 e. The second-order valence-electron chi connectivity index (χ2n) is 5.33. The fourth-order valence-corrected chi connectivity index (χ4v) is 2.74. The zero-order valence-electron chi connectivity index (χ0n) is 11.1. The van der Waals surface area contributed by atoms with Gasteiger partial charge in [0.05, 0.1) is 0 Å². The fourth-order valence-electron chi connectivity index (χ4n) is 2.04. The van der Waals surface area contributed by atoms with Gasteiger partial charge in [-0.15, -0.1) is 0 Å². The maximum absolute atomic E-state index is 11.7. The van der Waals surface area contributed by atoms with Crippen LogP contribution in [-0.2, 0) is 4.79 Å². The molecule has 1 aliphatic rings. The second kappa shape index (κ2) is 8.12. The third-order valence-corrected chi connectivity index (χ3v) is 4.59. The average Bonchev–Trinajstić information content (AvgIpc) is 3.08. The van der Waals surface area contributed by atoms with E-state index in [2.05, 4.69) is 28.2 Å². The van der Waals surface area contributed by atoms with Crippen LogP contribution in [0.25, 0.3) is 0 Å². The molecule has 0 saturated heterocycles. The summed E-state index contributed by atoms with van der Waals surface area (Å²) in [5, 5.41) is 4.05. The van der Waals surface area contributed by atoms with E-state index in [0.717, 1.165) is 24.6 Å². The molecule has 0 unspecified atom stereocenters. The first-order valence-corrected chi connectivity index (χ1v) is 8.21. The van der Waals surface area contributed by atoms with Gasteiger partial charge in [0, 0.05) is 17.3 Å². The fraction of sp³-hybridized carbons (Fsp3) is 0.929. The Balaban J connectivity index is 1.90. The lowest BCUT2D eigenvalue weighted by Gasteiger charge is -2.13. The molecule has 0 aromatic rings. The number of alkyl halides is 1. The molecule has 100 valence electrons. The van der Waals surface area contributed by atoms with E-state index in [1.807, 2.05) is 0 Å². The van der Waals surface area contributed by atoms with Crippen LogP contribution < -0.4 is 5.32 Å². The quantitative estimate of drug-likeness (QED) is 0.476. The smallest absolute Gasteiger partial charge is 0.220 e. The van der Waals surface area contributed by atoms with Crippen molar-refractivity contribution in [3.63, 3.8) is 0 Å². The van der Waals surface area contributed by atoms with E-state index in [1.165, 1.54) is 38.5 Å². The Morgan fingerprint density at radius 3 is 2.24 bits per heavy atom. The highest BCUT2D eigenvalue weighted by Crippen LogP contribution is 2.36. The SMILES string of the molecule is CCCCCCCCCC(=O)NC1(CBr)CC1. The average molecular weight is 304 g/mol. The number of rotatable bonds is 10. The van der Waals surface area contributed by atoms with Gasteiger partial charge in [0.25, 0.3) is 0 Å². The van der Waals surface area contributed by atoms with Crippen LogP contribution in [0.5, 0.6) is 0 Å². The molecule has 0 spiro atoms. The molecule has 17 heavy (non-hydrogen) atoms. The van der Waals surface area contributed by atoms with E-state index < -0.39 is 0 Å². The molecule has 0 radical (unpaired) electrons. The van der Waals surface area contributed by atoms with Crippen LogP contribution in [0, 0.1) is 0 Å². The molecule has 1 fully saturated rings. The number of nitrogens with one attached hydrogen (secondary N) is 1. The van der Waals surface area contributed by atoms with Crippen molar-refractivity contribution in [3.05, 3.63) is 0 Å². The third kappa shape index (κ3) is 6.44. The third-order valence-electron chi connectivity index (χ3n) is 3.52. The van der Waals surface area contributed by atoms with Gasteiger partial charge in [-0.1, -0.05) is 61.4 Å². The molecule has 1 amide bonds. The van der Waals surface area contributed by atoms with E-state index in [9.17, 15) is 4.79 Å². The maximum atomic E-state index is 11.7. The zero-order valence-corrected chi connectivity index (χ0v) is 12.7. The Morgan fingerprint density at radius 2 is 1.71 bits per heavy atom. The molecule has 3 heteroatoms. The second-order valence-corrected chi connectivity index (χ2v) is 5.89. The molecule has 0 aromatic carbocycles. The van der Waals surface area contributed by atoms with Gasteiger partial charge in [-0.25, -0.2) is 0 Å². The number of amides is 1. The van der Waals surface area contributed by atoms with Gasteiger partial charge in [0.15, 0.2) is 0 Å². The maximum Gasteiger partial charge on any atom is 0.220 e. The predicted octanol–water partition coefficient (Wildman–Crippen LogP) is 4.17. The van der Waals surface area contributed by atoms with Crippen LogP contribution >= 0.6 is 15.9 Å². The van der Waals surface area contributed by atoms with Gasteiger partial charge < -0.3 is 5.32 Å². The van der Waals surface area contributed by atoms with Gasteiger partial charge in [0.1, 0.15) is 0 Å². The van der Waals surface area contributed by atoms with Crippen LogP contribution in [0.1, 0.15) is 71.1 Å². The standard InChI is InChI=1S/C14H26BrNO/c1-2-3-4-5-6-7-8-9-13(17)16-14(12-15)10-11-14/h2-12H2,1H3,(H,16,17). The van der Waals surface area contributed by atoms with Crippen molar-refractivity contribution in [3.8, 4) is 0 Å². The molecule has 1 aliphatic carbocycles. The molecule has 0 atom stereocenters. The molecular weight excluding hydrogens is 278 g/mol. The Hall–Kier alpha value is -0.0500. The zero-order chi connectivity index (χ0) is 12.6. The lowest BCUT2D eigenvalue weighted by atomic mass is 10.1. The summed E-state index contributed by atoms with van der Waals surface area (Å²) in [5.74, 6) is 0.246. The summed E-state index contributed by atoms with van der Waals surface area (Å²) in [6.07, 6.45) is 11.9. The molecular formula is C14H26BrNO. The molecule has 1 saturated carbocycles. The number of hydrogen-bond acceptors (Lipinski definition) is 1. The normalized spacial score (nSPS) is 16.8. The minimum Gasteiger partial charge on any atom is -0.350 e. The molecule has 1 rings (SSSR count). The van der Waals surface area contributed by atoms with Gasteiger partial charge in [-0.2, -0.15) is 0 Å². The van der Waals surface area contributed by atoms with Gasteiger partial charge in [-0.05, 0) is 19.3 Å². The summed E-state index contributed by atoms with van der Waals surface area (Å²) in [5.41, 5.74) is 0.123. The van der Waals surface area contributed by atoms with E-state index in [4.69, 9.17) is 0 Å². The van der Waals surface area contributed by atoms with Crippen molar-refractivity contribution in [2.24, 2.45) is 0 Å². The predicted molar refractivity (Wildman–Crippen MR) is 76.5 cm³/mol. The van der Waals surface area contributed by atoms with Gasteiger partial charge in [-0.3, -0.25) is 4.79 Å². The number of hydrogen-bond donors (Lipinski definition) is 1. The first-order chi connectivity index (χ1) is 8.22. The van der Waals surface area contributed by atoms with Crippen molar-refractivity contribution < 1.29 is 4.79 Å². The van der Waals surface area contributed by atoms with Gasteiger partial charge in [0.2, 0.25) is 5.91 Å². The number of carbonyl (C=O) groups is 1. The van der Waals surface area contributed by atoms with Crippen molar-refractivity contribution >= 4 is 21.8 Å². The lowest BCUT2D eigenvalue weighted by molar-refractivity contribution is -0.122. The monoisotopic (exact) mass is 303 g/mol. The van der Waals surface area contributed by atoms with Crippen LogP contribution in [0.15, 0.2) is 0 Å². The van der Waals surface area contributed by atoms with Crippen molar-refractivity contribution in [1.29, 1.82) is 0 Å². The minimum atomic E-state index is 0.123. The van der Waals surface area contributed by atoms with Crippen LogP contribution in [-0.4, -0.2) is 16.8 Å². The summed E-state index contributed by atoms with van der Waals surface area (Å²) < 4.78 is 0. The van der Waals surface area contributed by atoms with Crippen LogP contribution in [0.2, 0.25) is 0 Å². The summed E-state index contributed by atoms with van der Waals surface area (Å²) >= 11 is 3.46. The number of halogens is 1. The van der Waals surface area contributed by atoms with E-state index in [-0.39, 0.29) is 11.4 Å². The summed E-state index contributed by atoms with van der Waals surface area (Å²) in [7, 11) is 0. The topological polar surface area (TPSA) is 29.1 Å². The highest BCUT2D eigenvalue weighted by atomic mass is 79.9. The lowest BCUT2D eigenvalue weighted by Crippen LogP contribution is -2.37. The molecule has 0 heterocycles. The summed E-state index contributed by atoms with van der Waals surface area (Å²) in [6, 6.07) is 0. The number of unbranched alkanes of at least 4 members (excludes halogenated alkanes) is 6. The first kappa shape index (κ1) is 15.0. The first-order valence-electron chi connectivity index (χ1n) is 7.09. The summed E-state index contributed by atoms with van der Waals surface area (Å²) in [6.45, 7) is 2.24. The number of carbonyl (C=O) groups excluding carboxylic acids is 1.